The van der Waals surface area contributed by atoms with Crippen LogP contribution in [0.3, 0.4) is 0 Å². The lowest BCUT2D eigenvalue weighted by atomic mass is 9.63. The van der Waals surface area contributed by atoms with Crippen LogP contribution in [0.15, 0.2) is 36.0 Å². The molecule has 2 aliphatic rings. The van der Waals surface area contributed by atoms with Crippen molar-refractivity contribution in [2.24, 2.45) is 16.2 Å². The third-order valence-corrected chi connectivity index (χ3v) is 5.90. The van der Waals surface area contributed by atoms with Gasteiger partial charge >= 0.3 is 0 Å². The van der Waals surface area contributed by atoms with Crippen molar-refractivity contribution in [2.75, 3.05) is 0 Å². The van der Waals surface area contributed by atoms with Crippen LogP contribution in [0.4, 0.5) is 0 Å². The molecule has 0 aromatic carbocycles. The maximum absolute atomic E-state index is 4.04. The monoisotopic (exact) mass is 232 g/mol. The first-order chi connectivity index (χ1) is 7.35. The van der Waals surface area contributed by atoms with Crippen LogP contribution < -0.4 is 0 Å². The lowest BCUT2D eigenvalue weighted by Gasteiger charge is -2.41. The van der Waals surface area contributed by atoms with Crippen LogP contribution >= 0.6 is 0 Å². The van der Waals surface area contributed by atoms with E-state index in [0.29, 0.717) is 16.2 Å². The van der Waals surface area contributed by atoms with Gasteiger partial charge in [0.2, 0.25) is 0 Å². The normalized spacial score (nSPS) is 38.6. The van der Waals surface area contributed by atoms with Crippen LogP contribution in [0.5, 0.6) is 0 Å². The van der Waals surface area contributed by atoms with Crippen LogP contribution in [0.25, 0.3) is 0 Å². The molecule has 0 heterocycles. The fourth-order valence-electron chi connectivity index (χ4n) is 4.05. The highest BCUT2D eigenvalue weighted by molar-refractivity contribution is 5.52. The zero-order valence-corrected chi connectivity index (χ0v) is 11.4. The fraction of sp³-hybridized carbons (Fsp3) is 0.647. The molecule has 0 amide bonds. The Labute approximate surface area is 108 Å². The number of hydrogen-bond acceptors (Lipinski definition) is 0. The standard InChI is InChI=1S/C16H24.CH4/c1-7-9-13-12(8-2)15(5)10-11-16(13,6)14(15,3)4;/h7-9H,2,10-11H2,1,3-6H3;1H4/b9-7-;. The lowest BCUT2D eigenvalue weighted by molar-refractivity contribution is 0.112. The molecular weight excluding hydrogens is 204 g/mol. The van der Waals surface area contributed by atoms with E-state index in [0.717, 1.165) is 0 Å². The van der Waals surface area contributed by atoms with Gasteiger partial charge in [0.25, 0.3) is 0 Å². The van der Waals surface area contributed by atoms with Crippen molar-refractivity contribution in [3.05, 3.63) is 36.0 Å². The summed E-state index contributed by atoms with van der Waals surface area (Å²) >= 11 is 0. The minimum Gasteiger partial charge on any atom is -0.0988 e. The van der Waals surface area contributed by atoms with Crippen LogP contribution in [0, 0.1) is 16.2 Å². The Morgan fingerprint density at radius 3 is 1.88 bits per heavy atom. The third-order valence-electron chi connectivity index (χ3n) is 5.90. The second-order valence-electron chi connectivity index (χ2n) is 6.32. The molecule has 0 heteroatoms. The Kier molecular flexibility index (Phi) is 3.25. The van der Waals surface area contributed by atoms with Crippen LogP contribution in [-0.4, -0.2) is 0 Å². The zero-order chi connectivity index (χ0) is 12.2. The first kappa shape index (κ1) is 14.3. The SMILES string of the molecule is C.C=CC1=C(/C=C\C)C2(C)CCC1(C)C2(C)C. The Hall–Kier alpha value is -0.780. The molecule has 2 bridgehead atoms. The van der Waals surface area contributed by atoms with Crippen molar-refractivity contribution in [3.63, 3.8) is 0 Å². The smallest absolute Gasteiger partial charge is 0.00126 e. The molecule has 2 unspecified atom stereocenters. The van der Waals surface area contributed by atoms with E-state index in [4.69, 9.17) is 0 Å². The van der Waals surface area contributed by atoms with Crippen molar-refractivity contribution in [1.29, 1.82) is 0 Å². The van der Waals surface area contributed by atoms with Gasteiger partial charge < -0.3 is 0 Å². The van der Waals surface area contributed by atoms with Crippen molar-refractivity contribution in [3.8, 4) is 0 Å². The van der Waals surface area contributed by atoms with Gasteiger partial charge in [-0.25, -0.2) is 0 Å². The van der Waals surface area contributed by atoms with Crippen molar-refractivity contribution >= 4 is 0 Å². The average Bonchev–Trinajstić information content (AvgIpc) is 2.47. The summed E-state index contributed by atoms with van der Waals surface area (Å²) in [5, 5.41) is 0. The minimum atomic E-state index is 0. The minimum absolute atomic E-state index is 0. The molecule has 0 aliphatic heterocycles. The molecule has 17 heavy (non-hydrogen) atoms. The Morgan fingerprint density at radius 2 is 1.47 bits per heavy atom. The number of allylic oxidation sites excluding steroid dienone is 5. The molecule has 0 N–H and O–H groups in total. The second-order valence-corrected chi connectivity index (χ2v) is 6.32. The molecule has 0 nitrogen and oxygen atoms in total. The summed E-state index contributed by atoms with van der Waals surface area (Å²) in [6.07, 6.45) is 9.20. The molecule has 0 aromatic heterocycles. The molecule has 1 saturated carbocycles. The summed E-state index contributed by atoms with van der Waals surface area (Å²) in [5.74, 6) is 0. The van der Waals surface area contributed by atoms with Crippen LogP contribution in [-0.2, 0) is 0 Å². The maximum Gasteiger partial charge on any atom is -0.00126 e. The zero-order valence-electron chi connectivity index (χ0n) is 11.4. The summed E-state index contributed by atoms with van der Waals surface area (Å²) in [5.41, 5.74) is 4.02. The topological polar surface area (TPSA) is 0 Å². The maximum atomic E-state index is 4.04. The number of hydrogen-bond donors (Lipinski definition) is 0. The third kappa shape index (κ3) is 1.30. The highest BCUT2D eigenvalue weighted by Gasteiger charge is 2.65. The van der Waals surface area contributed by atoms with Crippen LogP contribution in [0.2, 0.25) is 0 Å². The van der Waals surface area contributed by atoms with Gasteiger partial charge in [-0.1, -0.05) is 59.9 Å². The average molecular weight is 232 g/mol. The van der Waals surface area contributed by atoms with Crippen molar-refractivity contribution in [2.45, 2.75) is 54.9 Å². The molecule has 2 atom stereocenters. The van der Waals surface area contributed by atoms with E-state index in [2.05, 4.69) is 59.4 Å². The quantitative estimate of drug-likeness (QED) is 0.587. The van der Waals surface area contributed by atoms with E-state index in [9.17, 15) is 0 Å². The molecule has 0 aromatic rings. The van der Waals surface area contributed by atoms with E-state index in [1.54, 1.807) is 0 Å². The molecule has 96 valence electrons. The van der Waals surface area contributed by atoms with Gasteiger partial charge in [0.05, 0.1) is 0 Å². The molecule has 2 rings (SSSR count). The van der Waals surface area contributed by atoms with Crippen molar-refractivity contribution < 1.29 is 0 Å². The van der Waals surface area contributed by atoms with E-state index in [1.165, 1.54) is 24.0 Å². The van der Waals surface area contributed by atoms with Gasteiger partial charge in [0, 0.05) is 0 Å². The second kappa shape index (κ2) is 3.86. The predicted octanol–water partition coefficient (Wildman–Crippen LogP) is 5.53. The molecule has 2 aliphatic carbocycles. The van der Waals surface area contributed by atoms with Gasteiger partial charge in [-0.15, -0.1) is 0 Å². The van der Waals surface area contributed by atoms with E-state index >= 15 is 0 Å². The van der Waals surface area contributed by atoms with E-state index in [-0.39, 0.29) is 7.43 Å². The van der Waals surface area contributed by atoms with Crippen molar-refractivity contribution in [1.82, 2.24) is 0 Å². The van der Waals surface area contributed by atoms with Gasteiger partial charge in [0.1, 0.15) is 0 Å². The predicted molar refractivity (Wildman–Crippen MR) is 78.0 cm³/mol. The highest BCUT2D eigenvalue weighted by atomic mass is 14.7. The largest absolute Gasteiger partial charge is 0.0988 e. The Bertz CT molecular complexity index is 394. The summed E-state index contributed by atoms with van der Waals surface area (Å²) in [6, 6.07) is 0. The van der Waals surface area contributed by atoms with Gasteiger partial charge in [0.15, 0.2) is 0 Å². The summed E-state index contributed by atoms with van der Waals surface area (Å²) < 4.78 is 0. The van der Waals surface area contributed by atoms with Gasteiger partial charge in [-0.2, -0.15) is 0 Å². The molecule has 0 saturated heterocycles. The Balaban J connectivity index is 0.00000144. The summed E-state index contributed by atoms with van der Waals surface area (Å²) in [7, 11) is 0. The molecule has 1 fully saturated rings. The van der Waals surface area contributed by atoms with E-state index < -0.39 is 0 Å². The highest BCUT2D eigenvalue weighted by Crippen LogP contribution is 2.74. The summed E-state index contributed by atoms with van der Waals surface area (Å²) in [6.45, 7) is 15.9. The van der Waals surface area contributed by atoms with Gasteiger partial charge in [-0.05, 0) is 47.2 Å². The molecule has 0 spiro atoms. The first-order valence-corrected chi connectivity index (χ1v) is 6.35. The number of fused-ring (bicyclic) bond motifs is 2. The van der Waals surface area contributed by atoms with Gasteiger partial charge in [-0.3, -0.25) is 0 Å². The summed E-state index contributed by atoms with van der Waals surface area (Å²) in [4.78, 5) is 0. The molecule has 0 radical (unpaired) electrons. The molecular formula is C17H28. The van der Waals surface area contributed by atoms with E-state index in [1.807, 2.05) is 0 Å². The van der Waals surface area contributed by atoms with Crippen LogP contribution in [0.1, 0.15) is 54.9 Å². The fourth-order valence-corrected chi connectivity index (χ4v) is 4.05. The first-order valence-electron chi connectivity index (χ1n) is 6.35. The number of rotatable bonds is 2. The lowest BCUT2D eigenvalue weighted by Crippen LogP contribution is -2.34. The Morgan fingerprint density at radius 1 is 1.00 bits per heavy atom.